The summed E-state index contributed by atoms with van der Waals surface area (Å²) in [6, 6.07) is 0. The van der Waals surface area contributed by atoms with Crippen molar-refractivity contribution in [1.29, 1.82) is 0 Å². The molecule has 0 radical (unpaired) electrons. The number of nitrogens with zero attached hydrogens (tertiary/aromatic N) is 2. The van der Waals surface area contributed by atoms with Gasteiger partial charge in [0.25, 0.3) is 0 Å². The number of aromatic nitrogens is 1. The highest BCUT2D eigenvalue weighted by atomic mass is 32.1. The highest BCUT2D eigenvalue weighted by Crippen LogP contribution is 2.40. The van der Waals surface area contributed by atoms with Crippen LogP contribution < -0.4 is 5.32 Å². The molecule has 6 heteroatoms. The fourth-order valence-corrected chi connectivity index (χ4v) is 4.96. The van der Waals surface area contributed by atoms with E-state index in [2.05, 4.69) is 37.7 Å². The molecular weight excluding hydrogens is 346 g/mol. The van der Waals surface area contributed by atoms with Crippen LogP contribution >= 0.6 is 11.3 Å². The molecule has 1 aromatic rings. The summed E-state index contributed by atoms with van der Waals surface area (Å²) in [6.07, 6.45) is 5.97. The van der Waals surface area contributed by atoms with E-state index in [9.17, 15) is 9.59 Å². The van der Waals surface area contributed by atoms with Crippen LogP contribution in [0.4, 0.5) is 5.13 Å². The lowest BCUT2D eigenvalue weighted by molar-refractivity contribution is -0.130. The van der Waals surface area contributed by atoms with Gasteiger partial charge in [-0.15, -0.1) is 11.3 Å². The van der Waals surface area contributed by atoms with E-state index < -0.39 is 0 Å². The van der Waals surface area contributed by atoms with Crippen molar-refractivity contribution in [2.24, 2.45) is 17.3 Å². The number of carbonyl (C=O) groups excluding carboxylic acids is 2. The Balaban J connectivity index is 1.57. The van der Waals surface area contributed by atoms with Gasteiger partial charge in [-0.2, -0.15) is 0 Å². The van der Waals surface area contributed by atoms with Gasteiger partial charge in [-0.25, -0.2) is 4.98 Å². The molecule has 1 aliphatic heterocycles. The van der Waals surface area contributed by atoms with Crippen LogP contribution in [0.15, 0.2) is 12.7 Å². The summed E-state index contributed by atoms with van der Waals surface area (Å²) in [4.78, 5) is 32.0. The molecule has 0 aromatic carbocycles. The van der Waals surface area contributed by atoms with E-state index in [1.54, 1.807) is 16.2 Å². The number of anilines is 1. The largest absolute Gasteiger partial charge is 0.339 e. The van der Waals surface area contributed by atoms with Crippen LogP contribution in [0.25, 0.3) is 0 Å². The van der Waals surface area contributed by atoms with Gasteiger partial charge in [0, 0.05) is 23.9 Å². The number of rotatable bonds is 3. The number of amides is 2. The molecule has 1 aliphatic carbocycles. The number of hydrogen-bond donors (Lipinski definition) is 1. The summed E-state index contributed by atoms with van der Waals surface area (Å²) >= 11 is 1.64. The first-order chi connectivity index (χ1) is 12.3. The molecule has 0 saturated carbocycles. The molecular formula is C20H29N3O2S. The summed E-state index contributed by atoms with van der Waals surface area (Å²) < 4.78 is 0. The highest BCUT2D eigenvalue weighted by molar-refractivity contribution is 7.15. The Morgan fingerprint density at radius 3 is 2.58 bits per heavy atom. The van der Waals surface area contributed by atoms with Gasteiger partial charge < -0.3 is 10.2 Å². The van der Waals surface area contributed by atoms with Gasteiger partial charge in [0.1, 0.15) is 0 Å². The lowest BCUT2D eigenvalue weighted by Gasteiger charge is -2.33. The number of fused-ring (bicyclic) bond motifs is 1. The van der Waals surface area contributed by atoms with Crippen molar-refractivity contribution in [2.45, 2.75) is 52.9 Å². The van der Waals surface area contributed by atoms with Crippen LogP contribution in [0.3, 0.4) is 0 Å². The first-order valence-electron chi connectivity index (χ1n) is 9.48. The Labute approximate surface area is 159 Å². The molecule has 1 saturated heterocycles. The molecule has 0 bridgehead atoms. The summed E-state index contributed by atoms with van der Waals surface area (Å²) in [6.45, 7) is 11.7. The smallest absolute Gasteiger partial charge is 0.245 e. The average Bonchev–Trinajstić information content (AvgIpc) is 3.01. The van der Waals surface area contributed by atoms with E-state index in [0.29, 0.717) is 37.3 Å². The Hall–Kier alpha value is -1.69. The molecule has 2 aliphatic rings. The van der Waals surface area contributed by atoms with E-state index in [4.69, 9.17) is 0 Å². The molecule has 142 valence electrons. The number of piperidine rings is 1. The van der Waals surface area contributed by atoms with Crippen molar-refractivity contribution >= 4 is 28.3 Å². The highest BCUT2D eigenvalue weighted by Gasteiger charge is 2.31. The summed E-state index contributed by atoms with van der Waals surface area (Å²) in [5.41, 5.74) is 1.47. The van der Waals surface area contributed by atoms with Gasteiger partial charge in [-0.05, 0) is 49.5 Å². The minimum Gasteiger partial charge on any atom is -0.339 e. The summed E-state index contributed by atoms with van der Waals surface area (Å²) in [5, 5.41) is 3.76. The first-order valence-corrected chi connectivity index (χ1v) is 10.3. The summed E-state index contributed by atoms with van der Waals surface area (Å²) in [5.74, 6) is 0.608. The molecule has 1 fully saturated rings. The first kappa shape index (κ1) is 19.1. The topological polar surface area (TPSA) is 62.3 Å². The van der Waals surface area contributed by atoms with Crippen molar-refractivity contribution in [3.63, 3.8) is 0 Å². The number of carbonyl (C=O) groups is 2. The molecule has 1 unspecified atom stereocenters. The van der Waals surface area contributed by atoms with Gasteiger partial charge in [0.15, 0.2) is 5.13 Å². The molecule has 5 nitrogen and oxygen atoms in total. The van der Waals surface area contributed by atoms with Crippen LogP contribution in [0.5, 0.6) is 0 Å². The zero-order valence-electron chi connectivity index (χ0n) is 16.0. The Bertz CT molecular complexity index is 696. The van der Waals surface area contributed by atoms with Crippen LogP contribution in [0.2, 0.25) is 0 Å². The third-order valence-electron chi connectivity index (χ3n) is 5.75. The molecule has 26 heavy (non-hydrogen) atoms. The third kappa shape index (κ3) is 4.17. The zero-order valence-corrected chi connectivity index (χ0v) is 16.8. The maximum absolute atomic E-state index is 12.6. The molecule has 0 spiro atoms. The minimum absolute atomic E-state index is 0.0363. The fourth-order valence-electron chi connectivity index (χ4n) is 3.87. The van der Waals surface area contributed by atoms with Crippen molar-refractivity contribution in [1.82, 2.24) is 9.88 Å². The van der Waals surface area contributed by atoms with Gasteiger partial charge in [0.2, 0.25) is 11.8 Å². The molecule has 1 N–H and O–H groups in total. The molecule has 1 atom stereocenters. The number of thiazole rings is 1. The maximum atomic E-state index is 12.6. The monoisotopic (exact) mass is 375 g/mol. The van der Waals surface area contributed by atoms with E-state index in [0.717, 1.165) is 23.7 Å². The molecule has 1 aromatic heterocycles. The summed E-state index contributed by atoms with van der Waals surface area (Å²) in [7, 11) is 0. The second kappa shape index (κ2) is 7.51. The zero-order chi connectivity index (χ0) is 18.9. The van der Waals surface area contributed by atoms with Crippen LogP contribution in [-0.4, -0.2) is 34.8 Å². The van der Waals surface area contributed by atoms with Crippen molar-refractivity contribution in [3.05, 3.63) is 23.2 Å². The SMILES string of the molecule is C=CC(=O)N1CCC(C(=O)Nc2nc3c(s2)CC(C(C)(C)C)CC3)CC1. The predicted molar refractivity (Wildman–Crippen MR) is 105 cm³/mol. The van der Waals surface area contributed by atoms with Gasteiger partial charge >= 0.3 is 0 Å². The number of aryl methyl sites for hydroxylation is 1. The predicted octanol–water partition coefficient (Wildman–Crippen LogP) is 3.66. The van der Waals surface area contributed by atoms with E-state index in [1.807, 2.05) is 0 Å². The second-order valence-corrected chi connectivity index (χ2v) is 9.57. The Morgan fingerprint density at radius 2 is 1.96 bits per heavy atom. The van der Waals surface area contributed by atoms with Crippen molar-refractivity contribution in [3.8, 4) is 0 Å². The van der Waals surface area contributed by atoms with E-state index in [1.165, 1.54) is 17.4 Å². The molecule has 2 amide bonds. The van der Waals surface area contributed by atoms with Gasteiger partial charge in [0.05, 0.1) is 5.69 Å². The van der Waals surface area contributed by atoms with Crippen LogP contribution in [0, 0.1) is 17.3 Å². The lowest BCUT2D eigenvalue weighted by atomic mass is 9.73. The number of likely N-dealkylation sites (tertiary alicyclic amines) is 1. The normalized spacial score (nSPS) is 21.2. The lowest BCUT2D eigenvalue weighted by Crippen LogP contribution is -2.40. The van der Waals surface area contributed by atoms with Crippen molar-refractivity contribution < 1.29 is 9.59 Å². The van der Waals surface area contributed by atoms with Crippen LogP contribution in [0.1, 0.15) is 50.6 Å². The number of hydrogen-bond acceptors (Lipinski definition) is 4. The van der Waals surface area contributed by atoms with Crippen molar-refractivity contribution in [2.75, 3.05) is 18.4 Å². The minimum atomic E-state index is -0.0511. The molecule has 2 heterocycles. The van der Waals surface area contributed by atoms with Crippen LogP contribution in [-0.2, 0) is 22.4 Å². The quantitative estimate of drug-likeness (QED) is 0.820. The Morgan fingerprint density at radius 1 is 1.27 bits per heavy atom. The maximum Gasteiger partial charge on any atom is 0.245 e. The molecule has 3 rings (SSSR count). The number of nitrogens with one attached hydrogen (secondary N) is 1. The second-order valence-electron chi connectivity index (χ2n) is 8.49. The third-order valence-corrected chi connectivity index (χ3v) is 6.78. The fraction of sp³-hybridized carbons (Fsp3) is 0.650. The van der Waals surface area contributed by atoms with E-state index >= 15 is 0 Å². The van der Waals surface area contributed by atoms with Gasteiger partial charge in [-0.1, -0.05) is 27.4 Å². The standard InChI is InChI=1S/C20H29N3O2S/c1-5-17(24)23-10-8-13(9-11-23)18(25)22-19-21-15-7-6-14(20(2,3)4)12-16(15)26-19/h5,13-14H,1,6-12H2,2-4H3,(H,21,22,25). The Kier molecular flexibility index (Phi) is 5.51. The average molecular weight is 376 g/mol. The van der Waals surface area contributed by atoms with E-state index in [-0.39, 0.29) is 17.7 Å². The van der Waals surface area contributed by atoms with Gasteiger partial charge in [-0.3, -0.25) is 9.59 Å².